The summed E-state index contributed by atoms with van der Waals surface area (Å²) in [6, 6.07) is 1.73. The third-order valence-corrected chi connectivity index (χ3v) is 4.36. The second-order valence-corrected chi connectivity index (χ2v) is 6.17. The van der Waals surface area contributed by atoms with E-state index in [4.69, 9.17) is 5.73 Å². The maximum Gasteiger partial charge on any atom is 0.225 e. The minimum Gasteiger partial charge on any atom is -0.356 e. The molecule has 0 bridgehead atoms. The molecular weight excluding hydrogens is 292 g/mol. The first-order chi connectivity index (χ1) is 11.1. The SMILES string of the molecule is CC(N)C(C)C(=O)NCCCN1CCN(c2ncccn2)CC1. The molecule has 0 spiro atoms. The second-order valence-electron chi connectivity index (χ2n) is 6.17. The van der Waals surface area contributed by atoms with Crippen LogP contribution in [0.1, 0.15) is 20.3 Å². The van der Waals surface area contributed by atoms with Crippen LogP contribution < -0.4 is 16.0 Å². The Balaban J connectivity index is 1.61. The lowest BCUT2D eigenvalue weighted by molar-refractivity contribution is -0.124. The fourth-order valence-corrected chi connectivity index (χ4v) is 2.54. The third kappa shape index (κ3) is 5.44. The van der Waals surface area contributed by atoms with Crippen molar-refractivity contribution in [2.24, 2.45) is 11.7 Å². The van der Waals surface area contributed by atoms with Crippen molar-refractivity contribution in [3.63, 3.8) is 0 Å². The molecule has 3 N–H and O–H groups in total. The van der Waals surface area contributed by atoms with E-state index in [1.807, 2.05) is 19.9 Å². The van der Waals surface area contributed by atoms with Crippen LogP contribution in [0, 0.1) is 5.92 Å². The van der Waals surface area contributed by atoms with E-state index in [0.717, 1.165) is 45.1 Å². The predicted molar refractivity (Wildman–Crippen MR) is 91.1 cm³/mol. The van der Waals surface area contributed by atoms with Crippen molar-refractivity contribution in [2.75, 3.05) is 44.2 Å². The zero-order chi connectivity index (χ0) is 16.7. The quantitative estimate of drug-likeness (QED) is 0.692. The molecule has 1 amide bonds. The number of nitrogens with zero attached hydrogens (tertiary/aromatic N) is 4. The standard InChI is InChI=1S/C16H28N6O/c1-13(14(2)17)15(23)18-7-4-8-21-9-11-22(12-10-21)16-19-5-3-6-20-16/h3,5-6,13-14H,4,7-12,17H2,1-2H3,(H,18,23). The van der Waals surface area contributed by atoms with Gasteiger partial charge in [0.05, 0.1) is 0 Å². The van der Waals surface area contributed by atoms with Gasteiger partial charge in [0.25, 0.3) is 0 Å². The lowest BCUT2D eigenvalue weighted by atomic mass is 10.0. The Kier molecular flexibility index (Phi) is 6.73. The number of hydrogen-bond acceptors (Lipinski definition) is 6. The lowest BCUT2D eigenvalue weighted by Gasteiger charge is -2.34. The van der Waals surface area contributed by atoms with Crippen molar-refractivity contribution < 1.29 is 4.79 Å². The van der Waals surface area contributed by atoms with E-state index in [1.165, 1.54) is 0 Å². The Bertz CT molecular complexity index is 473. The highest BCUT2D eigenvalue weighted by Gasteiger charge is 2.19. The van der Waals surface area contributed by atoms with Crippen LogP contribution in [0.2, 0.25) is 0 Å². The number of amides is 1. The van der Waals surface area contributed by atoms with Crippen LogP contribution >= 0.6 is 0 Å². The van der Waals surface area contributed by atoms with Crippen LogP contribution in [0.5, 0.6) is 0 Å². The van der Waals surface area contributed by atoms with Gasteiger partial charge in [-0.05, 0) is 26.0 Å². The molecule has 1 aliphatic rings. The van der Waals surface area contributed by atoms with Gasteiger partial charge in [0, 0.05) is 57.1 Å². The molecule has 1 aliphatic heterocycles. The van der Waals surface area contributed by atoms with Gasteiger partial charge in [-0.1, -0.05) is 6.92 Å². The molecule has 1 fully saturated rings. The number of anilines is 1. The van der Waals surface area contributed by atoms with Crippen LogP contribution in [0.4, 0.5) is 5.95 Å². The van der Waals surface area contributed by atoms with Gasteiger partial charge >= 0.3 is 0 Å². The van der Waals surface area contributed by atoms with Crippen molar-refractivity contribution in [1.82, 2.24) is 20.2 Å². The molecule has 2 atom stereocenters. The van der Waals surface area contributed by atoms with E-state index in [0.29, 0.717) is 6.54 Å². The molecule has 7 nitrogen and oxygen atoms in total. The summed E-state index contributed by atoms with van der Waals surface area (Å²) in [4.78, 5) is 25.0. The first-order valence-electron chi connectivity index (χ1n) is 8.35. The molecule has 0 saturated carbocycles. The summed E-state index contributed by atoms with van der Waals surface area (Å²) in [5.41, 5.74) is 5.74. The average molecular weight is 320 g/mol. The highest BCUT2D eigenvalue weighted by molar-refractivity contribution is 5.78. The molecule has 2 heterocycles. The number of piperazine rings is 1. The number of carbonyl (C=O) groups is 1. The van der Waals surface area contributed by atoms with Crippen LogP contribution in [0.25, 0.3) is 0 Å². The molecule has 2 rings (SSSR count). The molecule has 1 aromatic heterocycles. The Morgan fingerprint density at radius 1 is 1.26 bits per heavy atom. The highest BCUT2D eigenvalue weighted by Crippen LogP contribution is 2.09. The lowest BCUT2D eigenvalue weighted by Crippen LogP contribution is -2.47. The van der Waals surface area contributed by atoms with E-state index in [-0.39, 0.29) is 17.9 Å². The Morgan fingerprint density at radius 3 is 2.52 bits per heavy atom. The molecule has 0 aliphatic carbocycles. The van der Waals surface area contributed by atoms with Gasteiger partial charge in [-0.3, -0.25) is 9.69 Å². The summed E-state index contributed by atoms with van der Waals surface area (Å²) >= 11 is 0. The summed E-state index contributed by atoms with van der Waals surface area (Å²) in [7, 11) is 0. The maximum absolute atomic E-state index is 11.8. The number of aromatic nitrogens is 2. The van der Waals surface area contributed by atoms with Crippen LogP contribution in [-0.2, 0) is 4.79 Å². The van der Waals surface area contributed by atoms with Gasteiger partial charge < -0.3 is 16.0 Å². The summed E-state index contributed by atoms with van der Waals surface area (Å²) in [5, 5.41) is 2.96. The number of hydrogen-bond donors (Lipinski definition) is 2. The molecule has 0 aromatic carbocycles. The van der Waals surface area contributed by atoms with E-state index in [1.54, 1.807) is 12.4 Å². The maximum atomic E-state index is 11.8. The number of carbonyl (C=O) groups excluding carboxylic acids is 1. The van der Waals surface area contributed by atoms with Crippen molar-refractivity contribution in [2.45, 2.75) is 26.3 Å². The molecule has 1 saturated heterocycles. The minimum absolute atomic E-state index is 0.0473. The number of nitrogens with one attached hydrogen (secondary N) is 1. The third-order valence-electron chi connectivity index (χ3n) is 4.36. The van der Waals surface area contributed by atoms with E-state index >= 15 is 0 Å². The Labute approximate surface area is 138 Å². The number of rotatable bonds is 7. The van der Waals surface area contributed by atoms with E-state index in [9.17, 15) is 4.79 Å². The molecular formula is C16H28N6O. The molecule has 2 unspecified atom stereocenters. The summed E-state index contributed by atoms with van der Waals surface area (Å²) in [6.07, 6.45) is 4.51. The fourth-order valence-electron chi connectivity index (χ4n) is 2.54. The summed E-state index contributed by atoms with van der Waals surface area (Å²) < 4.78 is 0. The van der Waals surface area contributed by atoms with Gasteiger partial charge in [-0.25, -0.2) is 9.97 Å². The second kappa shape index (κ2) is 8.79. The summed E-state index contributed by atoms with van der Waals surface area (Å²) in [5.74, 6) is 0.722. The largest absolute Gasteiger partial charge is 0.356 e. The van der Waals surface area contributed by atoms with Crippen LogP contribution in [0.15, 0.2) is 18.5 Å². The van der Waals surface area contributed by atoms with Gasteiger partial charge in [-0.2, -0.15) is 0 Å². The zero-order valence-electron chi connectivity index (χ0n) is 14.1. The Hall–Kier alpha value is -1.73. The zero-order valence-corrected chi connectivity index (χ0v) is 14.1. The normalized spacial score (nSPS) is 18.5. The van der Waals surface area contributed by atoms with Crippen molar-refractivity contribution in [3.05, 3.63) is 18.5 Å². The molecule has 0 radical (unpaired) electrons. The van der Waals surface area contributed by atoms with Crippen molar-refractivity contribution >= 4 is 11.9 Å². The molecule has 1 aromatic rings. The average Bonchev–Trinajstić information content (AvgIpc) is 2.59. The molecule has 128 valence electrons. The molecule has 7 heteroatoms. The Morgan fingerprint density at radius 2 is 1.91 bits per heavy atom. The van der Waals surface area contributed by atoms with Gasteiger partial charge in [-0.15, -0.1) is 0 Å². The highest BCUT2D eigenvalue weighted by atomic mass is 16.1. The minimum atomic E-state index is -0.135. The number of nitrogens with two attached hydrogens (primary N) is 1. The van der Waals surface area contributed by atoms with Crippen LogP contribution in [0.3, 0.4) is 0 Å². The van der Waals surface area contributed by atoms with Gasteiger partial charge in [0.2, 0.25) is 11.9 Å². The summed E-state index contributed by atoms with van der Waals surface area (Å²) in [6.45, 7) is 9.32. The van der Waals surface area contributed by atoms with Gasteiger partial charge in [0.1, 0.15) is 0 Å². The topological polar surface area (TPSA) is 87.4 Å². The predicted octanol–water partition coefficient (Wildman–Crippen LogP) is 0.0882. The van der Waals surface area contributed by atoms with Crippen molar-refractivity contribution in [3.8, 4) is 0 Å². The van der Waals surface area contributed by atoms with Gasteiger partial charge in [0.15, 0.2) is 0 Å². The van der Waals surface area contributed by atoms with E-state index in [2.05, 4.69) is 25.1 Å². The molecule has 23 heavy (non-hydrogen) atoms. The monoisotopic (exact) mass is 320 g/mol. The van der Waals surface area contributed by atoms with Crippen LogP contribution in [-0.4, -0.2) is 66.1 Å². The van der Waals surface area contributed by atoms with E-state index < -0.39 is 0 Å². The first-order valence-corrected chi connectivity index (χ1v) is 8.35. The smallest absolute Gasteiger partial charge is 0.225 e. The first kappa shape index (κ1) is 17.6. The fraction of sp³-hybridized carbons (Fsp3) is 0.688. The van der Waals surface area contributed by atoms with Crippen molar-refractivity contribution in [1.29, 1.82) is 0 Å².